The van der Waals surface area contributed by atoms with E-state index in [4.69, 9.17) is 23.6 Å². The van der Waals surface area contributed by atoms with Crippen LogP contribution in [0.25, 0.3) is 39.3 Å². The monoisotopic (exact) mass is 503 g/mol. The van der Waals surface area contributed by atoms with E-state index < -0.39 is 12.3 Å². The summed E-state index contributed by atoms with van der Waals surface area (Å²) in [6.07, 6.45) is 5.65. The van der Waals surface area contributed by atoms with Crippen molar-refractivity contribution in [3.63, 3.8) is 0 Å². The van der Waals surface area contributed by atoms with Crippen LogP contribution in [0.1, 0.15) is 6.42 Å². The van der Waals surface area contributed by atoms with Crippen LogP contribution < -0.4 is 14.8 Å². The number of para-hydroxylation sites is 1. The number of piperidine rings is 1. The zero-order chi connectivity index (χ0) is 25.2. The largest absolute Gasteiger partial charge is 0.491 e. The fraction of sp³-hybridized carbons (Fsp3) is 0.296. The van der Waals surface area contributed by atoms with Gasteiger partial charge in [0.15, 0.2) is 12.2 Å². The number of oxazole rings is 1. The molecular weight excluding hydrogens is 477 g/mol. The highest BCUT2D eigenvalue weighted by Crippen LogP contribution is 2.37. The predicted octanol–water partition coefficient (Wildman–Crippen LogP) is 4.31. The Bertz CT molecular complexity index is 1520. The standard InChI is InChI=1S/C27H26FN5O4/c1-34-9-10-35-17-6-8-33-22(14-31-26(33)11-17)21-12-19(25-15-30-16-36-25)18-3-2-4-24(27(18)32-21)37-23-5-7-29-13-20(23)28/h2-4,6,8,11-12,14-16,20,23,29H,5,7,9-10,13H2,1H3/t20-,23-/m0/s1. The van der Waals surface area contributed by atoms with Crippen molar-refractivity contribution in [2.45, 2.75) is 18.7 Å². The summed E-state index contributed by atoms with van der Waals surface area (Å²) in [5, 5.41) is 3.89. The van der Waals surface area contributed by atoms with Crippen molar-refractivity contribution in [3.8, 4) is 34.2 Å². The molecule has 0 bridgehead atoms. The zero-order valence-corrected chi connectivity index (χ0v) is 20.3. The Kier molecular flexibility index (Phi) is 6.42. The molecule has 10 heteroatoms. The molecular formula is C27H26FN5O4. The van der Waals surface area contributed by atoms with Gasteiger partial charge in [-0.2, -0.15) is 0 Å². The first-order valence-electron chi connectivity index (χ1n) is 12.1. The number of rotatable bonds is 8. The third kappa shape index (κ3) is 4.61. The average molecular weight is 504 g/mol. The third-order valence-electron chi connectivity index (χ3n) is 6.43. The summed E-state index contributed by atoms with van der Waals surface area (Å²) in [7, 11) is 1.63. The van der Waals surface area contributed by atoms with E-state index >= 15 is 0 Å². The molecule has 5 aromatic rings. The predicted molar refractivity (Wildman–Crippen MR) is 136 cm³/mol. The van der Waals surface area contributed by atoms with Crippen molar-refractivity contribution < 1.29 is 23.0 Å². The van der Waals surface area contributed by atoms with E-state index in [0.29, 0.717) is 60.3 Å². The molecule has 4 aromatic heterocycles. The van der Waals surface area contributed by atoms with E-state index in [9.17, 15) is 4.39 Å². The highest BCUT2D eigenvalue weighted by Gasteiger charge is 2.27. The average Bonchev–Trinajstić information content (AvgIpc) is 3.60. The molecule has 1 N–H and O–H groups in total. The molecule has 1 fully saturated rings. The first-order chi connectivity index (χ1) is 18.2. The maximum absolute atomic E-state index is 14.6. The lowest BCUT2D eigenvalue weighted by Gasteiger charge is -2.27. The van der Waals surface area contributed by atoms with Gasteiger partial charge < -0.3 is 23.9 Å². The molecule has 1 saturated heterocycles. The Labute approximate surface area is 212 Å². The van der Waals surface area contributed by atoms with Gasteiger partial charge in [-0.15, -0.1) is 0 Å². The smallest absolute Gasteiger partial charge is 0.181 e. The Morgan fingerprint density at radius 2 is 2.14 bits per heavy atom. The maximum Gasteiger partial charge on any atom is 0.181 e. The molecule has 0 radical (unpaired) electrons. The number of nitrogens with one attached hydrogen (secondary N) is 1. The van der Waals surface area contributed by atoms with Crippen molar-refractivity contribution in [2.24, 2.45) is 0 Å². The Morgan fingerprint density at radius 3 is 2.97 bits per heavy atom. The molecule has 9 nitrogen and oxygen atoms in total. The van der Waals surface area contributed by atoms with E-state index in [1.165, 1.54) is 6.39 Å². The lowest BCUT2D eigenvalue weighted by molar-refractivity contribution is 0.0743. The number of alkyl halides is 1. The normalized spacial score (nSPS) is 17.9. The van der Waals surface area contributed by atoms with Crippen LogP contribution in [-0.4, -0.2) is 65.0 Å². The van der Waals surface area contributed by atoms with Crippen LogP contribution in [0.4, 0.5) is 4.39 Å². The number of imidazole rings is 1. The number of aromatic nitrogens is 4. The minimum absolute atomic E-state index is 0.274. The Balaban J connectivity index is 1.46. The van der Waals surface area contributed by atoms with Crippen LogP contribution in [0.15, 0.2) is 65.8 Å². The molecule has 6 rings (SSSR count). The lowest BCUT2D eigenvalue weighted by atomic mass is 10.0. The summed E-state index contributed by atoms with van der Waals surface area (Å²) < 4.78 is 39.2. The van der Waals surface area contributed by atoms with Gasteiger partial charge in [0.05, 0.1) is 30.4 Å². The number of methoxy groups -OCH3 is 1. The van der Waals surface area contributed by atoms with Crippen LogP contribution >= 0.6 is 0 Å². The summed E-state index contributed by atoms with van der Waals surface area (Å²) in [6, 6.07) is 11.3. The highest BCUT2D eigenvalue weighted by molar-refractivity contribution is 5.98. The number of nitrogens with zero attached hydrogens (tertiary/aromatic N) is 4. The van der Waals surface area contributed by atoms with Crippen molar-refractivity contribution in [1.82, 2.24) is 24.7 Å². The first kappa shape index (κ1) is 23.4. The van der Waals surface area contributed by atoms with Gasteiger partial charge in [-0.3, -0.25) is 4.40 Å². The summed E-state index contributed by atoms with van der Waals surface area (Å²) in [5.41, 5.74) is 3.58. The van der Waals surface area contributed by atoms with Crippen molar-refractivity contribution in [1.29, 1.82) is 0 Å². The summed E-state index contributed by atoms with van der Waals surface area (Å²) >= 11 is 0. The van der Waals surface area contributed by atoms with Crippen LogP contribution in [0.3, 0.4) is 0 Å². The van der Waals surface area contributed by atoms with Crippen LogP contribution in [0.5, 0.6) is 11.5 Å². The molecule has 0 aliphatic carbocycles. The number of halogens is 1. The lowest BCUT2D eigenvalue weighted by Crippen LogP contribution is -2.44. The minimum Gasteiger partial charge on any atom is -0.491 e. The fourth-order valence-corrected chi connectivity index (χ4v) is 4.58. The second kappa shape index (κ2) is 10.2. The number of benzene rings is 1. The van der Waals surface area contributed by atoms with Crippen molar-refractivity contribution in [3.05, 3.63) is 61.4 Å². The van der Waals surface area contributed by atoms with Gasteiger partial charge in [0.2, 0.25) is 0 Å². The molecule has 5 heterocycles. The van der Waals surface area contributed by atoms with Crippen LogP contribution in [0, 0.1) is 0 Å². The Morgan fingerprint density at radius 1 is 1.19 bits per heavy atom. The topological polar surface area (TPSA) is 95.9 Å². The molecule has 190 valence electrons. The molecule has 0 spiro atoms. The second-order valence-electron chi connectivity index (χ2n) is 8.81. The maximum atomic E-state index is 14.6. The highest BCUT2D eigenvalue weighted by atomic mass is 19.1. The number of hydrogen-bond acceptors (Lipinski definition) is 8. The summed E-state index contributed by atoms with van der Waals surface area (Å²) in [6.45, 7) is 1.93. The van der Waals surface area contributed by atoms with Crippen molar-refractivity contribution >= 4 is 16.6 Å². The molecule has 37 heavy (non-hydrogen) atoms. The fourth-order valence-electron chi connectivity index (χ4n) is 4.58. The summed E-state index contributed by atoms with van der Waals surface area (Å²) in [5.74, 6) is 1.82. The van der Waals surface area contributed by atoms with Gasteiger partial charge in [-0.25, -0.2) is 19.3 Å². The molecule has 1 aliphatic rings. The molecule has 0 unspecified atom stereocenters. The molecule has 1 aromatic carbocycles. The van der Waals surface area contributed by atoms with Gasteiger partial charge >= 0.3 is 0 Å². The van der Waals surface area contributed by atoms with Gasteiger partial charge in [0.1, 0.15) is 41.5 Å². The zero-order valence-electron chi connectivity index (χ0n) is 20.3. The molecule has 0 amide bonds. The number of hydrogen-bond donors (Lipinski definition) is 1. The minimum atomic E-state index is -1.10. The van der Waals surface area contributed by atoms with Gasteiger partial charge in [0, 0.05) is 36.9 Å². The van der Waals surface area contributed by atoms with E-state index in [1.807, 2.05) is 47.0 Å². The summed E-state index contributed by atoms with van der Waals surface area (Å²) in [4.78, 5) is 13.6. The second-order valence-corrected chi connectivity index (χ2v) is 8.81. The molecule has 0 saturated carbocycles. The van der Waals surface area contributed by atoms with Crippen molar-refractivity contribution in [2.75, 3.05) is 33.4 Å². The van der Waals surface area contributed by atoms with E-state index in [-0.39, 0.29) is 6.54 Å². The molecule has 2 atom stereocenters. The SMILES string of the molecule is COCCOc1ccn2c(-c3cc(-c4cnco4)c4cccc(O[C@H]5CCNC[C@@H]5F)c4n3)cnc2c1. The van der Waals surface area contributed by atoms with Crippen LogP contribution in [-0.2, 0) is 4.74 Å². The van der Waals surface area contributed by atoms with E-state index in [0.717, 1.165) is 16.6 Å². The van der Waals surface area contributed by atoms with Gasteiger partial charge in [-0.1, -0.05) is 12.1 Å². The third-order valence-corrected chi connectivity index (χ3v) is 6.43. The first-order valence-corrected chi connectivity index (χ1v) is 12.1. The number of ether oxygens (including phenoxy) is 3. The number of fused-ring (bicyclic) bond motifs is 2. The Hall–Kier alpha value is -4.02. The molecule has 1 aliphatic heterocycles. The van der Waals surface area contributed by atoms with Crippen LogP contribution in [0.2, 0.25) is 0 Å². The van der Waals surface area contributed by atoms with E-state index in [1.54, 1.807) is 19.5 Å². The van der Waals surface area contributed by atoms with E-state index in [2.05, 4.69) is 15.3 Å². The van der Waals surface area contributed by atoms with Gasteiger partial charge in [-0.05, 0) is 31.2 Å². The quantitative estimate of drug-likeness (QED) is 0.313. The van der Waals surface area contributed by atoms with Gasteiger partial charge in [0.25, 0.3) is 0 Å². The number of pyridine rings is 2.